The van der Waals surface area contributed by atoms with Crippen LogP contribution in [0, 0.1) is 6.92 Å². The Bertz CT molecular complexity index is 398. The molecule has 4 nitrogen and oxygen atoms in total. The van der Waals surface area contributed by atoms with Gasteiger partial charge in [-0.2, -0.15) is 0 Å². The van der Waals surface area contributed by atoms with Crippen molar-refractivity contribution in [3.05, 3.63) is 29.8 Å². The van der Waals surface area contributed by atoms with Crippen molar-refractivity contribution < 1.29 is 14.6 Å². The van der Waals surface area contributed by atoms with Gasteiger partial charge < -0.3 is 14.7 Å². The molecule has 0 aliphatic carbocycles. The molecule has 0 amide bonds. The zero-order chi connectivity index (χ0) is 13.8. The van der Waals surface area contributed by atoms with E-state index in [4.69, 9.17) is 0 Å². The molecule has 0 aliphatic heterocycles. The van der Waals surface area contributed by atoms with Gasteiger partial charge in [0.05, 0.1) is 13.7 Å². The van der Waals surface area contributed by atoms with Gasteiger partial charge >= 0.3 is 5.97 Å². The summed E-state index contributed by atoms with van der Waals surface area (Å²) in [5, 5.41) is 10.1. The van der Waals surface area contributed by atoms with Crippen LogP contribution in [-0.2, 0) is 9.53 Å². The molecule has 1 unspecified atom stereocenters. The molecule has 0 saturated heterocycles. The van der Waals surface area contributed by atoms with Crippen LogP contribution in [0.4, 0.5) is 5.69 Å². The van der Waals surface area contributed by atoms with Gasteiger partial charge in [-0.15, -0.1) is 0 Å². The molecule has 0 aliphatic rings. The van der Waals surface area contributed by atoms with E-state index in [2.05, 4.69) is 4.74 Å². The van der Waals surface area contributed by atoms with Crippen LogP contribution < -0.4 is 4.90 Å². The second kappa shape index (κ2) is 5.87. The maximum absolute atomic E-state index is 11.5. The van der Waals surface area contributed by atoms with Gasteiger partial charge in [0, 0.05) is 12.2 Å². The summed E-state index contributed by atoms with van der Waals surface area (Å²) in [5.41, 5.74) is 0.650. The largest absolute Gasteiger partial charge is 0.467 e. The molecule has 0 radical (unpaired) electrons. The molecule has 0 fully saturated rings. The summed E-state index contributed by atoms with van der Waals surface area (Å²) >= 11 is 0. The molecule has 4 heteroatoms. The van der Waals surface area contributed by atoms with Gasteiger partial charge in [0.1, 0.15) is 0 Å². The van der Waals surface area contributed by atoms with Crippen molar-refractivity contribution in [2.24, 2.45) is 0 Å². The molecular formula is C14H21NO3. The van der Waals surface area contributed by atoms with Crippen LogP contribution in [-0.4, -0.2) is 36.9 Å². The van der Waals surface area contributed by atoms with Crippen LogP contribution in [0.2, 0.25) is 0 Å². The van der Waals surface area contributed by atoms with Gasteiger partial charge in [-0.3, -0.25) is 0 Å². The van der Waals surface area contributed by atoms with Crippen molar-refractivity contribution >= 4 is 11.7 Å². The number of hydrogen-bond donors (Lipinski definition) is 1. The van der Waals surface area contributed by atoms with Gasteiger partial charge in [0.15, 0.2) is 5.60 Å². The number of rotatable bonds is 5. The molecule has 0 saturated carbocycles. The van der Waals surface area contributed by atoms with Gasteiger partial charge in [-0.1, -0.05) is 17.7 Å². The maximum Gasteiger partial charge on any atom is 0.339 e. The van der Waals surface area contributed by atoms with E-state index in [0.717, 1.165) is 5.69 Å². The lowest BCUT2D eigenvalue weighted by Crippen LogP contribution is -2.47. The second-order valence-corrected chi connectivity index (χ2v) is 4.62. The first-order valence-corrected chi connectivity index (χ1v) is 6.03. The van der Waals surface area contributed by atoms with E-state index in [1.54, 1.807) is 0 Å². The summed E-state index contributed by atoms with van der Waals surface area (Å²) in [6.45, 7) is 6.38. The number of likely N-dealkylation sites (N-methyl/N-ethyl adjacent to an activating group) is 1. The van der Waals surface area contributed by atoms with Crippen LogP contribution in [0.5, 0.6) is 0 Å². The van der Waals surface area contributed by atoms with Crippen LogP contribution in [0.1, 0.15) is 19.4 Å². The fourth-order valence-electron chi connectivity index (χ4n) is 1.80. The lowest BCUT2D eigenvalue weighted by Gasteiger charge is -2.30. The van der Waals surface area contributed by atoms with E-state index < -0.39 is 11.6 Å². The molecule has 0 spiro atoms. The zero-order valence-electron chi connectivity index (χ0n) is 11.4. The number of aliphatic hydroxyl groups is 1. The third-order valence-electron chi connectivity index (χ3n) is 2.90. The number of nitrogens with zero attached hydrogens (tertiary/aromatic N) is 1. The predicted octanol–water partition coefficient (Wildman–Crippen LogP) is 1.75. The average molecular weight is 251 g/mol. The molecule has 18 heavy (non-hydrogen) atoms. The van der Waals surface area contributed by atoms with Crippen molar-refractivity contribution in [1.29, 1.82) is 0 Å². The van der Waals surface area contributed by atoms with E-state index in [0.29, 0.717) is 6.54 Å². The minimum atomic E-state index is -1.50. The zero-order valence-corrected chi connectivity index (χ0v) is 11.4. The molecule has 100 valence electrons. The first-order valence-electron chi connectivity index (χ1n) is 6.03. The summed E-state index contributed by atoms with van der Waals surface area (Å²) in [6, 6.07) is 7.97. The minimum Gasteiger partial charge on any atom is -0.467 e. The van der Waals surface area contributed by atoms with E-state index in [1.165, 1.54) is 19.6 Å². The number of hydrogen-bond acceptors (Lipinski definition) is 4. The first kappa shape index (κ1) is 14.5. The number of aryl methyl sites for hydroxylation is 1. The number of anilines is 1. The lowest BCUT2D eigenvalue weighted by atomic mass is 10.1. The predicted molar refractivity (Wildman–Crippen MR) is 71.7 cm³/mol. The Hall–Kier alpha value is -1.55. The molecule has 1 aromatic carbocycles. The van der Waals surface area contributed by atoms with Crippen molar-refractivity contribution in [2.45, 2.75) is 26.4 Å². The number of esters is 1. The fraction of sp³-hybridized carbons (Fsp3) is 0.500. The van der Waals surface area contributed by atoms with Crippen molar-refractivity contribution in [3.8, 4) is 0 Å². The molecule has 0 bridgehead atoms. The Morgan fingerprint density at radius 1 is 1.39 bits per heavy atom. The van der Waals surface area contributed by atoms with Crippen molar-refractivity contribution in [2.75, 3.05) is 25.1 Å². The normalized spacial score (nSPS) is 13.8. The summed E-state index contributed by atoms with van der Waals surface area (Å²) in [7, 11) is 1.28. The Labute approximate surface area is 108 Å². The quantitative estimate of drug-likeness (QED) is 0.810. The number of methoxy groups -OCH3 is 1. The summed E-state index contributed by atoms with van der Waals surface area (Å²) in [4.78, 5) is 13.4. The Morgan fingerprint density at radius 3 is 2.39 bits per heavy atom. The van der Waals surface area contributed by atoms with Gasteiger partial charge in [-0.05, 0) is 32.9 Å². The van der Waals surface area contributed by atoms with Crippen LogP contribution in [0.3, 0.4) is 0 Å². The highest BCUT2D eigenvalue weighted by molar-refractivity contribution is 5.79. The van der Waals surface area contributed by atoms with Gasteiger partial charge in [0.25, 0.3) is 0 Å². The molecule has 1 rings (SSSR count). The van der Waals surface area contributed by atoms with E-state index >= 15 is 0 Å². The molecule has 1 N–H and O–H groups in total. The van der Waals surface area contributed by atoms with Crippen molar-refractivity contribution in [1.82, 2.24) is 0 Å². The van der Waals surface area contributed by atoms with Crippen molar-refractivity contribution in [3.63, 3.8) is 0 Å². The van der Waals surface area contributed by atoms with Gasteiger partial charge in [0.2, 0.25) is 0 Å². The first-order chi connectivity index (χ1) is 8.40. The van der Waals surface area contributed by atoms with Crippen LogP contribution in [0.25, 0.3) is 0 Å². The highest BCUT2D eigenvalue weighted by Crippen LogP contribution is 2.18. The molecule has 1 atom stereocenters. The Balaban J connectivity index is 2.85. The third kappa shape index (κ3) is 3.47. The Morgan fingerprint density at radius 2 is 1.94 bits per heavy atom. The smallest absolute Gasteiger partial charge is 0.339 e. The SMILES string of the molecule is CCN(CC(C)(O)C(=O)OC)c1ccc(C)cc1. The Kier molecular flexibility index (Phi) is 4.73. The molecule has 1 aromatic rings. The molecule has 0 aromatic heterocycles. The second-order valence-electron chi connectivity index (χ2n) is 4.62. The molecule has 0 heterocycles. The summed E-state index contributed by atoms with van der Waals surface area (Å²) < 4.78 is 4.60. The number of carbonyl (C=O) groups is 1. The maximum atomic E-state index is 11.5. The fourth-order valence-corrected chi connectivity index (χ4v) is 1.80. The molecular weight excluding hydrogens is 230 g/mol. The van der Waals surface area contributed by atoms with Crippen LogP contribution >= 0.6 is 0 Å². The average Bonchev–Trinajstić information content (AvgIpc) is 2.36. The topological polar surface area (TPSA) is 49.8 Å². The highest BCUT2D eigenvalue weighted by Gasteiger charge is 2.33. The number of ether oxygens (including phenoxy) is 1. The highest BCUT2D eigenvalue weighted by atomic mass is 16.5. The monoisotopic (exact) mass is 251 g/mol. The number of benzene rings is 1. The standard InChI is InChI=1S/C14H21NO3/c1-5-15(10-14(3,17)13(16)18-4)12-8-6-11(2)7-9-12/h6-9,17H,5,10H2,1-4H3. The minimum absolute atomic E-state index is 0.208. The van der Waals surface area contributed by atoms with Crippen LogP contribution in [0.15, 0.2) is 24.3 Å². The lowest BCUT2D eigenvalue weighted by molar-refractivity contribution is -0.159. The number of carbonyl (C=O) groups excluding carboxylic acids is 1. The summed E-state index contributed by atoms with van der Waals surface area (Å²) in [6.07, 6.45) is 0. The van der Waals surface area contributed by atoms with E-state index in [9.17, 15) is 9.90 Å². The van der Waals surface area contributed by atoms with E-state index in [-0.39, 0.29) is 6.54 Å². The third-order valence-corrected chi connectivity index (χ3v) is 2.90. The van der Waals surface area contributed by atoms with Gasteiger partial charge in [-0.25, -0.2) is 4.79 Å². The van der Waals surface area contributed by atoms with E-state index in [1.807, 2.05) is 43.0 Å². The summed E-state index contributed by atoms with van der Waals surface area (Å²) in [5.74, 6) is -0.618.